The molecule has 0 saturated heterocycles. The fourth-order valence-corrected chi connectivity index (χ4v) is 6.32. The predicted molar refractivity (Wildman–Crippen MR) is 154 cm³/mol. The van der Waals surface area contributed by atoms with Gasteiger partial charge in [-0.2, -0.15) is 0 Å². The molecule has 7 rings (SSSR count). The minimum Gasteiger partial charge on any atom is -0.455 e. The van der Waals surface area contributed by atoms with Crippen LogP contribution in [0.5, 0.6) is 11.5 Å². The highest BCUT2D eigenvalue weighted by molar-refractivity contribution is 6.20. The number of ether oxygens (including phenoxy) is 1. The van der Waals surface area contributed by atoms with Crippen molar-refractivity contribution >= 4 is 32.3 Å². The van der Waals surface area contributed by atoms with Crippen molar-refractivity contribution in [2.24, 2.45) is 13.0 Å². The van der Waals surface area contributed by atoms with Crippen LogP contribution < -0.4 is 9.30 Å². The summed E-state index contributed by atoms with van der Waals surface area (Å²) >= 11 is 0. The number of aryl methyl sites for hydroxylation is 2. The van der Waals surface area contributed by atoms with E-state index in [9.17, 15) is 0 Å². The van der Waals surface area contributed by atoms with Crippen molar-refractivity contribution in [3.8, 4) is 33.9 Å². The second-order valence-electron chi connectivity index (χ2n) is 10.8. The number of pyridine rings is 1. The molecular weight excluding hydrogens is 450 g/mol. The molecule has 2 nitrogen and oxygen atoms in total. The van der Waals surface area contributed by atoms with Gasteiger partial charge in [-0.1, -0.05) is 86.6 Å². The van der Waals surface area contributed by atoms with Crippen LogP contribution in [-0.4, -0.2) is 0 Å². The first-order valence-corrected chi connectivity index (χ1v) is 13.2. The molecule has 0 saturated carbocycles. The molecule has 0 atom stereocenters. The standard InChI is InChI=1S/C35H30NO/c1-21(2)19-29-27-15-9-8-14-25(27)22(3)31-34-33-28(17-18-36(34)4)32-24(20-30(33)37-35(29)31)13-10-16-26(32)23-11-6-5-7-12-23/h5-18,20-21H,19H2,1-4H3/q+1. The van der Waals surface area contributed by atoms with Crippen molar-refractivity contribution in [1.29, 1.82) is 0 Å². The smallest absolute Gasteiger partial charge is 0.228 e. The number of fused-ring (bicyclic) bond motifs is 5. The third-order valence-corrected chi connectivity index (χ3v) is 7.90. The van der Waals surface area contributed by atoms with Crippen LogP contribution in [0.25, 0.3) is 54.7 Å². The highest BCUT2D eigenvalue weighted by Crippen LogP contribution is 2.52. The Labute approximate surface area is 217 Å². The minimum atomic E-state index is 0.523. The summed E-state index contributed by atoms with van der Waals surface area (Å²) in [7, 11) is 2.16. The summed E-state index contributed by atoms with van der Waals surface area (Å²) in [5.41, 5.74) is 7.55. The second-order valence-corrected chi connectivity index (χ2v) is 10.8. The molecule has 1 aliphatic rings. The van der Waals surface area contributed by atoms with Crippen LogP contribution in [0, 0.1) is 12.8 Å². The molecule has 0 bridgehead atoms. The van der Waals surface area contributed by atoms with Gasteiger partial charge in [-0.15, -0.1) is 0 Å². The van der Waals surface area contributed by atoms with Gasteiger partial charge >= 0.3 is 0 Å². The number of hydrogen-bond donors (Lipinski definition) is 0. The van der Waals surface area contributed by atoms with Crippen molar-refractivity contribution in [3.63, 3.8) is 0 Å². The summed E-state index contributed by atoms with van der Waals surface area (Å²) in [6, 6.07) is 30.6. The zero-order valence-corrected chi connectivity index (χ0v) is 21.8. The fraction of sp³-hybridized carbons (Fsp3) is 0.171. The van der Waals surface area contributed by atoms with E-state index < -0.39 is 0 Å². The molecule has 37 heavy (non-hydrogen) atoms. The lowest BCUT2D eigenvalue weighted by Gasteiger charge is -2.26. The molecule has 0 amide bonds. The van der Waals surface area contributed by atoms with E-state index >= 15 is 0 Å². The van der Waals surface area contributed by atoms with Crippen LogP contribution in [0.2, 0.25) is 0 Å². The third kappa shape index (κ3) is 3.22. The van der Waals surface area contributed by atoms with Crippen molar-refractivity contribution in [2.45, 2.75) is 27.2 Å². The average molecular weight is 481 g/mol. The van der Waals surface area contributed by atoms with Crippen LogP contribution in [-0.2, 0) is 13.5 Å². The van der Waals surface area contributed by atoms with Gasteiger partial charge in [0.2, 0.25) is 5.69 Å². The molecule has 2 heteroatoms. The summed E-state index contributed by atoms with van der Waals surface area (Å²) in [5.74, 6) is 2.50. The van der Waals surface area contributed by atoms with Gasteiger partial charge in [0, 0.05) is 17.0 Å². The zero-order valence-electron chi connectivity index (χ0n) is 21.8. The first-order valence-electron chi connectivity index (χ1n) is 13.2. The highest BCUT2D eigenvalue weighted by Gasteiger charge is 2.33. The highest BCUT2D eigenvalue weighted by atomic mass is 16.5. The molecular formula is C35H30NO+. The molecule has 1 aliphatic heterocycles. The van der Waals surface area contributed by atoms with Crippen LogP contribution in [0.4, 0.5) is 0 Å². The zero-order chi connectivity index (χ0) is 25.3. The predicted octanol–water partition coefficient (Wildman–Crippen LogP) is 8.92. The van der Waals surface area contributed by atoms with Gasteiger partial charge in [0.25, 0.3) is 0 Å². The number of nitrogens with zero attached hydrogens (tertiary/aromatic N) is 1. The van der Waals surface area contributed by atoms with E-state index in [0.717, 1.165) is 17.9 Å². The first-order chi connectivity index (χ1) is 18.0. The van der Waals surface area contributed by atoms with Gasteiger partial charge < -0.3 is 4.74 Å². The van der Waals surface area contributed by atoms with Crippen LogP contribution in [0.3, 0.4) is 0 Å². The SMILES string of the molecule is Cc1c2c(c(CC(C)C)c3ccccc13)Oc1cc3cccc(-c4ccccc4)c3c3cc[n+](C)c-2c13. The Morgan fingerprint density at radius 3 is 2.32 bits per heavy atom. The maximum atomic E-state index is 6.97. The normalized spacial score (nSPS) is 12.4. The maximum absolute atomic E-state index is 6.97. The Kier molecular flexibility index (Phi) is 4.87. The van der Waals surface area contributed by atoms with E-state index in [0.29, 0.717) is 5.92 Å². The molecule has 2 heterocycles. The molecule has 0 aliphatic carbocycles. The van der Waals surface area contributed by atoms with Crippen molar-refractivity contribution in [1.82, 2.24) is 0 Å². The van der Waals surface area contributed by atoms with E-state index in [1.165, 1.54) is 65.8 Å². The average Bonchev–Trinajstić information content (AvgIpc) is 2.92. The molecule has 6 aromatic rings. The van der Waals surface area contributed by atoms with Gasteiger partial charge in [0.15, 0.2) is 6.20 Å². The Bertz CT molecular complexity index is 1870. The molecule has 0 N–H and O–H groups in total. The quantitative estimate of drug-likeness (QED) is 0.182. The molecule has 5 aromatic carbocycles. The molecule has 0 spiro atoms. The van der Waals surface area contributed by atoms with Crippen molar-refractivity contribution in [2.75, 3.05) is 0 Å². The Balaban J connectivity index is 1.65. The lowest BCUT2D eigenvalue weighted by Crippen LogP contribution is -2.32. The Hall–Kier alpha value is -4.17. The number of hydrogen-bond acceptors (Lipinski definition) is 1. The van der Waals surface area contributed by atoms with E-state index in [2.05, 4.69) is 124 Å². The number of aromatic nitrogens is 1. The summed E-state index contributed by atoms with van der Waals surface area (Å²) < 4.78 is 9.25. The van der Waals surface area contributed by atoms with Crippen LogP contribution in [0.15, 0.2) is 91.1 Å². The van der Waals surface area contributed by atoms with Crippen molar-refractivity contribution in [3.05, 3.63) is 102 Å². The lowest BCUT2D eigenvalue weighted by molar-refractivity contribution is -0.659. The third-order valence-electron chi connectivity index (χ3n) is 7.90. The van der Waals surface area contributed by atoms with E-state index in [1.54, 1.807) is 0 Å². The maximum Gasteiger partial charge on any atom is 0.228 e. The van der Waals surface area contributed by atoms with E-state index in [-0.39, 0.29) is 0 Å². The largest absolute Gasteiger partial charge is 0.455 e. The van der Waals surface area contributed by atoms with E-state index in [1.807, 2.05) is 0 Å². The van der Waals surface area contributed by atoms with Gasteiger partial charge in [-0.05, 0) is 63.6 Å². The van der Waals surface area contributed by atoms with Crippen molar-refractivity contribution < 1.29 is 9.30 Å². The van der Waals surface area contributed by atoms with Crippen LogP contribution in [0.1, 0.15) is 25.0 Å². The number of rotatable bonds is 3. The summed E-state index contributed by atoms with van der Waals surface area (Å²) in [6.07, 6.45) is 3.19. The van der Waals surface area contributed by atoms with Gasteiger partial charge in [0.1, 0.15) is 18.5 Å². The first kappa shape index (κ1) is 22.1. The second kappa shape index (κ2) is 8.18. The van der Waals surface area contributed by atoms with Crippen LogP contribution >= 0.6 is 0 Å². The molecule has 0 fully saturated rings. The lowest BCUT2D eigenvalue weighted by atomic mass is 9.85. The summed E-state index contributed by atoms with van der Waals surface area (Å²) in [5, 5.41) is 7.53. The Morgan fingerprint density at radius 2 is 1.54 bits per heavy atom. The van der Waals surface area contributed by atoms with E-state index in [4.69, 9.17) is 4.74 Å². The van der Waals surface area contributed by atoms with Gasteiger partial charge in [0.05, 0.1) is 10.9 Å². The Morgan fingerprint density at radius 1 is 0.784 bits per heavy atom. The summed E-state index contributed by atoms with van der Waals surface area (Å²) in [4.78, 5) is 0. The molecule has 180 valence electrons. The monoisotopic (exact) mass is 480 g/mol. The topological polar surface area (TPSA) is 13.1 Å². The molecule has 0 radical (unpaired) electrons. The molecule has 0 unspecified atom stereocenters. The van der Waals surface area contributed by atoms with Gasteiger partial charge in [-0.25, -0.2) is 4.57 Å². The minimum absolute atomic E-state index is 0.523. The fourth-order valence-electron chi connectivity index (χ4n) is 6.32. The summed E-state index contributed by atoms with van der Waals surface area (Å²) in [6.45, 7) is 6.83. The van der Waals surface area contributed by atoms with Gasteiger partial charge in [-0.3, -0.25) is 0 Å². The molecule has 1 aromatic heterocycles. The number of benzene rings is 5.